The molecule has 0 amide bonds. The largest absolute Gasteiger partial charge is 0.271 e. The fourth-order valence-electron chi connectivity index (χ4n) is 1.27. The van der Waals surface area contributed by atoms with E-state index in [1.807, 2.05) is 0 Å². The van der Waals surface area contributed by atoms with Crippen molar-refractivity contribution >= 4 is 11.8 Å². The first-order valence-electron chi connectivity index (χ1n) is 3.92. The quantitative estimate of drug-likeness (QED) is 0.469. The molecule has 10 heavy (non-hydrogen) atoms. The monoisotopic (exact) mass is 160 g/mol. The maximum absolute atomic E-state index is 5.34. The lowest BCUT2D eigenvalue weighted by atomic mass is 10.1. The van der Waals surface area contributed by atoms with Crippen LogP contribution in [0.2, 0.25) is 0 Å². The molecular weight excluding hydrogens is 144 g/mol. The standard InChI is InChI=1S/C7H16N2S/c1-6(9-8)7-4-2-3-5-10-7/h6-7,9H,2-5,8H2,1H3. The van der Waals surface area contributed by atoms with Gasteiger partial charge in [0.1, 0.15) is 0 Å². The minimum Gasteiger partial charge on any atom is -0.271 e. The van der Waals surface area contributed by atoms with Gasteiger partial charge in [0.05, 0.1) is 0 Å². The summed E-state index contributed by atoms with van der Waals surface area (Å²) in [6.07, 6.45) is 4.10. The Kier molecular flexibility index (Phi) is 3.52. The van der Waals surface area contributed by atoms with Gasteiger partial charge in [-0.1, -0.05) is 6.42 Å². The molecule has 1 aliphatic heterocycles. The summed E-state index contributed by atoms with van der Waals surface area (Å²) in [5.41, 5.74) is 2.81. The molecule has 2 unspecified atom stereocenters. The van der Waals surface area contributed by atoms with Gasteiger partial charge >= 0.3 is 0 Å². The van der Waals surface area contributed by atoms with Crippen molar-refractivity contribution in [2.75, 3.05) is 5.75 Å². The zero-order valence-electron chi connectivity index (χ0n) is 6.47. The molecule has 3 heteroatoms. The number of rotatable bonds is 2. The van der Waals surface area contributed by atoms with Gasteiger partial charge in [-0.05, 0) is 25.5 Å². The predicted octanol–water partition coefficient (Wildman–Crippen LogP) is 1.12. The first kappa shape index (κ1) is 8.37. The summed E-state index contributed by atoms with van der Waals surface area (Å²) >= 11 is 2.05. The van der Waals surface area contributed by atoms with Gasteiger partial charge in [-0.3, -0.25) is 11.3 Å². The van der Waals surface area contributed by atoms with E-state index in [9.17, 15) is 0 Å². The molecule has 60 valence electrons. The highest BCUT2D eigenvalue weighted by Crippen LogP contribution is 2.26. The van der Waals surface area contributed by atoms with Crippen molar-refractivity contribution in [3.8, 4) is 0 Å². The van der Waals surface area contributed by atoms with Gasteiger partial charge in [0.2, 0.25) is 0 Å². The van der Waals surface area contributed by atoms with Gasteiger partial charge in [0, 0.05) is 11.3 Å². The third-order valence-corrected chi connectivity index (χ3v) is 3.63. The van der Waals surface area contributed by atoms with E-state index in [0.29, 0.717) is 6.04 Å². The summed E-state index contributed by atoms with van der Waals surface area (Å²) in [7, 11) is 0. The molecule has 1 rings (SSSR count). The summed E-state index contributed by atoms with van der Waals surface area (Å²) in [6, 6.07) is 0.477. The van der Waals surface area contributed by atoms with Crippen molar-refractivity contribution in [2.45, 2.75) is 37.5 Å². The van der Waals surface area contributed by atoms with Gasteiger partial charge in [-0.2, -0.15) is 11.8 Å². The Hall–Kier alpha value is 0.270. The number of nitrogens with two attached hydrogens (primary N) is 1. The third-order valence-electron chi connectivity index (χ3n) is 2.04. The van der Waals surface area contributed by atoms with Crippen molar-refractivity contribution in [1.29, 1.82) is 0 Å². The number of nitrogens with one attached hydrogen (secondary N) is 1. The SMILES string of the molecule is CC(NN)C1CCCCS1. The van der Waals surface area contributed by atoms with E-state index in [1.165, 1.54) is 25.0 Å². The second kappa shape index (κ2) is 4.21. The topological polar surface area (TPSA) is 38.0 Å². The van der Waals surface area contributed by atoms with Gasteiger partial charge in [-0.25, -0.2) is 0 Å². The lowest BCUT2D eigenvalue weighted by Crippen LogP contribution is -2.41. The lowest BCUT2D eigenvalue weighted by molar-refractivity contribution is 0.505. The number of hydrogen-bond acceptors (Lipinski definition) is 3. The molecular formula is C7H16N2S. The second-order valence-corrected chi connectivity index (χ2v) is 4.21. The van der Waals surface area contributed by atoms with Crippen LogP contribution in [-0.2, 0) is 0 Å². The van der Waals surface area contributed by atoms with Crippen molar-refractivity contribution in [2.24, 2.45) is 5.84 Å². The molecule has 1 saturated heterocycles. The first-order valence-corrected chi connectivity index (χ1v) is 4.97. The third kappa shape index (κ3) is 2.15. The lowest BCUT2D eigenvalue weighted by Gasteiger charge is -2.26. The van der Waals surface area contributed by atoms with Crippen LogP contribution in [0.5, 0.6) is 0 Å². The van der Waals surface area contributed by atoms with E-state index in [1.54, 1.807) is 0 Å². The highest BCUT2D eigenvalue weighted by Gasteiger charge is 2.18. The normalized spacial score (nSPS) is 30.0. The molecule has 2 atom stereocenters. The van der Waals surface area contributed by atoms with Crippen LogP contribution in [0.15, 0.2) is 0 Å². The summed E-state index contributed by atoms with van der Waals surface area (Å²) in [4.78, 5) is 0. The van der Waals surface area contributed by atoms with E-state index in [4.69, 9.17) is 5.84 Å². The highest BCUT2D eigenvalue weighted by molar-refractivity contribution is 8.00. The molecule has 0 bridgehead atoms. The molecule has 3 N–H and O–H groups in total. The summed E-state index contributed by atoms with van der Waals surface area (Å²) in [6.45, 7) is 2.16. The Labute approximate surface area is 66.9 Å². The van der Waals surface area contributed by atoms with Crippen molar-refractivity contribution in [3.05, 3.63) is 0 Å². The zero-order valence-corrected chi connectivity index (χ0v) is 7.29. The molecule has 1 aliphatic rings. The molecule has 1 fully saturated rings. The van der Waals surface area contributed by atoms with Crippen LogP contribution in [0.1, 0.15) is 26.2 Å². The van der Waals surface area contributed by atoms with Crippen LogP contribution in [0, 0.1) is 0 Å². The molecule has 0 aromatic carbocycles. The molecule has 0 aromatic heterocycles. The Morgan fingerprint density at radius 3 is 2.90 bits per heavy atom. The second-order valence-electron chi connectivity index (χ2n) is 2.86. The van der Waals surface area contributed by atoms with E-state index in [0.717, 1.165) is 5.25 Å². The van der Waals surface area contributed by atoms with E-state index >= 15 is 0 Å². The number of hydrazine groups is 1. The number of hydrogen-bond donors (Lipinski definition) is 2. The highest BCUT2D eigenvalue weighted by atomic mass is 32.2. The van der Waals surface area contributed by atoms with Crippen LogP contribution in [-0.4, -0.2) is 17.0 Å². The fourth-order valence-corrected chi connectivity index (χ4v) is 2.64. The van der Waals surface area contributed by atoms with Crippen LogP contribution in [0.3, 0.4) is 0 Å². The van der Waals surface area contributed by atoms with Crippen molar-refractivity contribution < 1.29 is 0 Å². The predicted molar refractivity (Wildman–Crippen MR) is 46.9 cm³/mol. The summed E-state index contributed by atoms with van der Waals surface area (Å²) in [5.74, 6) is 6.66. The summed E-state index contributed by atoms with van der Waals surface area (Å²) in [5, 5.41) is 0.749. The van der Waals surface area contributed by atoms with E-state index < -0.39 is 0 Å². The van der Waals surface area contributed by atoms with Crippen molar-refractivity contribution in [3.63, 3.8) is 0 Å². The van der Waals surface area contributed by atoms with E-state index in [2.05, 4.69) is 24.1 Å². The Morgan fingerprint density at radius 2 is 2.40 bits per heavy atom. The Bertz CT molecular complexity index is 91.6. The van der Waals surface area contributed by atoms with Crippen LogP contribution in [0.25, 0.3) is 0 Å². The maximum atomic E-state index is 5.34. The zero-order chi connectivity index (χ0) is 7.40. The molecule has 2 nitrogen and oxygen atoms in total. The Balaban J connectivity index is 2.24. The molecule has 0 radical (unpaired) electrons. The van der Waals surface area contributed by atoms with Crippen molar-refractivity contribution in [1.82, 2.24) is 5.43 Å². The average molecular weight is 160 g/mol. The van der Waals surface area contributed by atoms with Gasteiger partial charge < -0.3 is 0 Å². The van der Waals surface area contributed by atoms with Gasteiger partial charge in [0.25, 0.3) is 0 Å². The summed E-state index contributed by atoms with van der Waals surface area (Å²) < 4.78 is 0. The molecule has 0 spiro atoms. The minimum absolute atomic E-state index is 0.477. The smallest absolute Gasteiger partial charge is 0.0301 e. The maximum Gasteiger partial charge on any atom is 0.0301 e. The van der Waals surface area contributed by atoms with Crippen LogP contribution >= 0.6 is 11.8 Å². The van der Waals surface area contributed by atoms with E-state index in [-0.39, 0.29) is 0 Å². The molecule has 0 saturated carbocycles. The van der Waals surface area contributed by atoms with Crippen LogP contribution < -0.4 is 11.3 Å². The number of thioether (sulfide) groups is 1. The Morgan fingerprint density at radius 1 is 1.60 bits per heavy atom. The first-order chi connectivity index (χ1) is 4.84. The van der Waals surface area contributed by atoms with Gasteiger partial charge in [0.15, 0.2) is 0 Å². The minimum atomic E-state index is 0.477. The molecule has 1 heterocycles. The molecule has 0 aliphatic carbocycles. The van der Waals surface area contributed by atoms with Crippen LogP contribution in [0.4, 0.5) is 0 Å². The molecule has 0 aromatic rings. The average Bonchev–Trinajstić information content (AvgIpc) is 2.05. The van der Waals surface area contributed by atoms with Gasteiger partial charge in [-0.15, -0.1) is 0 Å². The fraction of sp³-hybridized carbons (Fsp3) is 1.00.